The number of aryl methyl sites for hydroxylation is 1. The van der Waals surface area contributed by atoms with E-state index in [1.807, 2.05) is 61.5 Å². The number of hydrogen-bond acceptors (Lipinski definition) is 4. The van der Waals surface area contributed by atoms with E-state index in [2.05, 4.69) is 4.90 Å². The highest BCUT2D eigenvalue weighted by molar-refractivity contribution is 5.99. The van der Waals surface area contributed by atoms with Crippen LogP contribution in [0.25, 0.3) is 0 Å². The van der Waals surface area contributed by atoms with Crippen molar-refractivity contribution in [2.45, 2.75) is 44.8 Å². The normalized spacial score (nSPS) is 17.2. The summed E-state index contributed by atoms with van der Waals surface area (Å²) >= 11 is 0. The average molecular weight is 382 g/mol. The van der Waals surface area contributed by atoms with E-state index in [0.717, 1.165) is 24.2 Å². The number of carbonyl (C=O) groups is 1. The van der Waals surface area contributed by atoms with Gasteiger partial charge in [-0.3, -0.25) is 4.79 Å². The first-order chi connectivity index (χ1) is 13.6. The second-order valence-corrected chi connectivity index (χ2v) is 7.70. The van der Waals surface area contributed by atoms with Crippen molar-refractivity contribution in [3.63, 3.8) is 0 Å². The monoisotopic (exact) mass is 381 g/mol. The number of rotatable bonds is 9. The van der Waals surface area contributed by atoms with Crippen molar-refractivity contribution in [3.8, 4) is 0 Å². The zero-order valence-corrected chi connectivity index (χ0v) is 16.7. The molecule has 2 atom stereocenters. The minimum atomic E-state index is -0.598. The summed E-state index contributed by atoms with van der Waals surface area (Å²) in [6.07, 6.45) is 2.98. The third-order valence-electron chi connectivity index (χ3n) is 5.42. The number of carbonyl (C=O) groups excluding carboxylic acids is 1. The maximum absolute atomic E-state index is 13.0. The van der Waals surface area contributed by atoms with Crippen molar-refractivity contribution in [2.24, 2.45) is 0 Å². The van der Waals surface area contributed by atoms with Crippen LogP contribution in [0, 0.1) is 6.92 Å². The summed E-state index contributed by atoms with van der Waals surface area (Å²) in [5, 5.41) is 10.4. The highest BCUT2D eigenvalue weighted by atomic mass is 16.5. The molecule has 150 valence electrons. The second-order valence-electron chi connectivity index (χ2n) is 7.70. The van der Waals surface area contributed by atoms with Crippen molar-refractivity contribution in [1.82, 2.24) is 4.90 Å². The number of aliphatic hydroxyl groups is 1. The number of benzene rings is 2. The quantitative estimate of drug-likeness (QED) is 0.674. The number of Topliss-reactive ketones (excluding diaryl/α,β-unsaturated/α-hetero) is 1. The van der Waals surface area contributed by atoms with Crippen LogP contribution < -0.4 is 0 Å². The van der Waals surface area contributed by atoms with Gasteiger partial charge in [-0.05, 0) is 44.0 Å². The molecule has 1 N–H and O–H groups in total. The molecule has 0 aliphatic carbocycles. The molecule has 0 spiro atoms. The Morgan fingerprint density at radius 1 is 1.04 bits per heavy atom. The van der Waals surface area contributed by atoms with E-state index < -0.39 is 12.2 Å². The fourth-order valence-electron chi connectivity index (χ4n) is 3.77. The average Bonchev–Trinajstić information content (AvgIpc) is 2.73. The Labute approximate surface area is 168 Å². The van der Waals surface area contributed by atoms with E-state index in [4.69, 9.17) is 4.74 Å². The van der Waals surface area contributed by atoms with Gasteiger partial charge in [0.05, 0.1) is 12.7 Å². The molecule has 1 saturated heterocycles. The molecule has 28 heavy (non-hydrogen) atoms. The van der Waals surface area contributed by atoms with E-state index >= 15 is 0 Å². The maximum atomic E-state index is 13.0. The van der Waals surface area contributed by atoms with Gasteiger partial charge < -0.3 is 14.7 Å². The van der Waals surface area contributed by atoms with E-state index in [1.54, 1.807) is 0 Å². The zero-order valence-electron chi connectivity index (χ0n) is 16.7. The Kier molecular flexibility index (Phi) is 7.78. The summed E-state index contributed by atoms with van der Waals surface area (Å²) in [5.74, 6) is -0.0333. The fraction of sp³-hybridized carbons (Fsp3) is 0.458. The van der Waals surface area contributed by atoms with Crippen LogP contribution in [0.1, 0.15) is 40.7 Å². The summed E-state index contributed by atoms with van der Waals surface area (Å²) in [6, 6.07) is 17.3. The van der Waals surface area contributed by atoms with Gasteiger partial charge in [-0.1, -0.05) is 61.0 Å². The lowest BCUT2D eigenvalue weighted by Gasteiger charge is -2.29. The molecule has 2 aromatic carbocycles. The maximum Gasteiger partial charge on any atom is 0.191 e. The zero-order chi connectivity index (χ0) is 19.8. The summed E-state index contributed by atoms with van der Waals surface area (Å²) in [4.78, 5) is 15.3. The van der Waals surface area contributed by atoms with Crippen LogP contribution in [0.4, 0.5) is 0 Å². The Bertz CT molecular complexity index is 741. The third kappa shape index (κ3) is 5.99. The topological polar surface area (TPSA) is 49.8 Å². The van der Waals surface area contributed by atoms with Crippen LogP contribution in [0.2, 0.25) is 0 Å². The molecule has 1 fully saturated rings. The molecule has 4 heteroatoms. The van der Waals surface area contributed by atoms with Gasteiger partial charge in [0.2, 0.25) is 0 Å². The van der Waals surface area contributed by atoms with Crippen molar-refractivity contribution in [1.29, 1.82) is 0 Å². The summed E-state index contributed by atoms with van der Waals surface area (Å²) in [6.45, 7) is 4.89. The first kappa shape index (κ1) is 20.7. The molecule has 0 radical (unpaired) electrons. The first-order valence-corrected chi connectivity index (χ1v) is 10.3. The van der Waals surface area contributed by atoms with Gasteiger partial charge in [0.1, 0.15) is 6.10 Å². The third-order valence-corrected chi connectivity index (χ3v) is 5.42. The smallest absolute Gasteiger partial charge is 0.191 e. The summed E-state index contributed by atoms with van der Waals surface area (Å²) < 4.78 is 5.99. The van der Waals surface area contributed by atoms with Crippen LogP contribution in [-0.4, -0.2) is 54.2 Å². The van der Waals surface area contributed by atoms with Gasteiger partial charge in [0, 0.05) is 18.5 Å². The van der Waals surface area contributed by atoms with Gasteiger partial charge >= 0.3 is 0 Å². The molecule has 2 unspecified atom stereocenters. The van der Waals surface area contributed by atoms with Gasteiger partial charge in [-0.2, -0.15) is 0 Å². The largest absolute Gasteiger partial charge is 0.389 e. The molecule has 3 rings (SSSR count). The van der Waals surface area contributed by atoms with E-state index in [0.29, 0.717) is 18.5 Å². The number of ether oxygens (including phenoxy) is 1. The molecule has 1 heterocycles. The number of β-amino-alcohol motifs (C(OH)–C–C–N with tert-alkyl or cyclic N) is 1. The van der Waals surface area contributed by atoms with Crippen LogP contribution in [-0.2, 0) is 11.2 Å². The molecule has 0 bridgehead atoms. The van der Waals surface area contributed by atoms with Gasteiger partial charge in [0.15, 0.2) is 5.78 Å². The lowest BCUT2D eigenvalue weighted by Crippen LogP contribution is -2.39. The SMILES string of the molecule is Cc1ccccc1CC(OCC(O)CN1CCCCC1)C(=O)c1ccccc1. The van der Waals surface area contributed by atoms with E-state index in [1.165, 1.54) is 19.3 Å². The van der Waals surface area contributed by atoms with Gasteiger partial charge in [-0.15, -0.1) is 0 Å². The minimum Gasteiger partial charge on any atom is -0.389 e. The Morgan fingerprint density at radius 3 is 2.43 bits per heavy atom. The van der Waals surface area contributed by atoms with E-state index in [9.17, 15) is 9.90 Å². The minimum absolute atomic E-state index is 0.0333. The van der Waals surface area contributed by atoms with Crippen LogP contribution in [0.15, 0.2) is 54.6 Å². The standard InChI is InChI=1S/C24H31NO3/c1-19-10-6-7-13-21(19)16-23(24(27)20-11-4-2-5-12-20)28-18-22(26)17-25-14-8-3-9-15-25/h2,4-7,10-13,22-23,26H,3,8-9,14-18H2,1H3. The molecule has 2 aromatic rings. The first-order valence-electron chi connectivity index (χ1n) is 10.3. The van der Waals surface area contributed by atoms with Crippen LogP contribution in [0.5, 0.6) is 0 Å². The lowest BCUT2D eigenvalue weighted by molar-refractivity contribution is -0.0151. The van der Waals surface area contributed by atoms with Crippen molar-refractivity contribution in [3.05, 3.63) is 71.3 Å². The highest BCUT2D eigenvalue weighted by Gasteiger charge is 2.24. The Balaban J connectivity index is 1.65. The molecule has 4 nitrogen and oxygen atoms in total. The highest BCUT2D eigenvalue weighted by Crippen LogP contribution is 2.16. The number of aliphatic hydroxyl groups excluding tert-OH is 1. The van der Waals surface area contributed by atoms with E-state index in [-0.39, 0.29) is 12.4 Å². The second kappa shape index (κ2) is 10.5. The molecule has 0 amide bonds. The van der Waals surface area contributed by atoms with Crippen molar-refractivity contribution >= 4 is 5.78 Å². The molecule has 1 aliphatic rings. The predicted octanol–water partition coefficient (Wildman–Crippen LogP) is 3.65. The fourth-order valence-corrected chi connectivity index (χ4v) is 3.77. The van der Waals surface area contributed by atoms with Crippen LogP contribution in [0.3, 0.4) is 0 Å². The van der Waals surface area contributed by atoms with Gasteiger partial charge in [0.25, 0.3) is 0 Å². The van der Waals surface area contributed by atoms with Crippen molar-refractivity contribution < 1.29 is 14.6 Å². The number of piperidine rings is 1. The molecular formula is C24H31NO3. The molecule has 0 saturated carbocycles. The summed E-state index contributed by atoms with van der Waals surface area (Å²) in [7, 11) is 0. The van der Waals surface area contributed by atoms with Crippen LogP contribution >= 0.6 is 0 Å². The van der Waals surface area contributed by atoms with Crippen molar-refractivity contribution in [2.75, 3.05) is 26.2 Å². The lowest BCUT2D eigenvalue weighted by atomic mass is 9.97. The number of nitrogens with zero attached hydrogens (tertiary/aromatic N) is 1. The molecule has 1 aliphatic heterocycles. The number of hydrogen-bond donors (Lipinski definition) is 1. The number of ketones is 1. The Morgan fingerprint density at radius 2 is 1.71 bits per heavy atom. The molecule has 0 aromatic heterocycles. The number of likely N-dealkylation sites (tertiary alicyclic amines) is 1. The summed E-state index contributed by atoms with van der Waals surface area (Å²) in [5.41, 5.74) is 2.89. The Hall–Kier alpha value is -2.01. The predicted molar refractivity (Wildman–Crippen MR) is 112 cm³/mol. The van der Waals surface area contributed by atoms with Gasteiger partial charge in [-0.25, -0.2) is 0 Å². The molecular weight excluding hydrogens is 350 g/mol.